The zero-order chi connectivity index (χ0) is 13.9. The predicted molar refractivity (Wildman–Crippen MR) is 58.4 cm³/mol. The van der Waals surface area contributed by atoms with Gasteiger partial charge in [0.1, 0.15) is 0 Å². The largest absolute Gasteiger partial charge is 0.417 e. The lowest BCUT2D eigenvalue weighted by molar-refractivity contribution is -0.137. The molecule has 0 aromatic heterocycles. The number of carbonyl (C=O) groups is 1. The van der Waals surface area contributed by atoms with Crippen molar-refractivity contribution in [2.24, 2.45) is 5.73 Å². The molecule has 0 unspecified atom stereocenters. The smallest absolute Gasteiger partial charge is 0.325 e. The van der Waals surface area contributed by atoms with Crippen LogP contribution in [0.3, 0.4) is 0 Å². The maximum Gasteiger partial charge on any atom is 0.417 e. The summed E-state index contributed by atoms with van der Waals surface area (Å²) < 4.78 is 37.9. The first-order valence-electron chi connectivity index (χ1n) is 4.93. The van der Waals surface area contributed by atoms with Gasteiger partial charge in [-0.25, -0.2) is 0 Å². The molecule has 1 aromatic rings. The molecule has 0 saturated heterocycles. The van der Waals surface area contributed by atoms with Crippen LogP contribution in [0, 0.1) is 11.3 Å². The van der Waals surface area contributed by atoms with Gasteiger partial charge in [-0.2, -0.15) is 18.4 Å². The van der Waals surface area contributed by atoms with E-state index >= 15 is 0 Å². The number of carbonyl (C=O) groups excluding carboxylic acids is 1. The summed E-state index contributed by atoms with van der Waals surface area (Å²) in [6.45, 7) is 1.41. The van der Waals surface area contributed by atoms with Gasteiger partial charge in [0.2, 0.25) is 5.91 Å². The van der Waals surface area contributed by atoms with Crippen LogP contribution in [0.5, 0.6) is 0 Å². The average Bonchev–Trinajstić information content (AvgIpc) is 2.27. The first-order valence-corrected chi connectivity index (χ1v) is 4.93. The van der Waals surface area contributed by atoms with Gasteiger partial charge in [0.05, 0.1) is 23.2 Å². The predicted octanol–water partition coefficient (Wildman–Crippen LogP) is 1.86. The molecule has 0 aliphatic heterocycles. The van der Waals surface area contributed by atoms with Crippen LogP contribution < -0.4 is 11.1 Å². The highest BCUT2D eigenvalue weighted by Gasteiger charge is 2.34. The SMILES string of the molecule is C[C@H](N)C(=O)Nc1ccc(C#N)c(C(F)(F)F)c1. The Labute approximate surface area is 101 Å². The lowest BCUT2D eigenvalue weighted by atomic mass is 10.1. The number of alkyl halides is 3. The minimum atomic E-state index is -4.65. The van der Waals surface area contributed by atoms with Gasteiger partial charge in [-0.3, -0.25) is 4.79 Å². The normalized spacial score (nSPS) is 12.7. The Morgan fingerprint density at radius 2 is 2.11 bits per heavy atom. The van der Waals surface area contributed by atoms with Crippen molar-refractivity contribution in [2.45, 2.75) is 19.1 Å². The molecule has 1 atom stereocenters. The second-order valence-corrected chi connectivity index (χ2v) is 3.65. The van der Waals surface area contributed by atoms with Crippen LogP contribution in [0.2, 0.25) is 0 Å². The summed E-state index contributed by atoms with van der Waals surface area (Å²) in [5.74, 6) is -0.604. The molecule has 1 rings (SSSR count). The Kier molecular flexibility index (Phi) is 3.93. The number of nitrogens with zero attached hydrogens (tertiary/aromatic N) is 1. The van der Waals surface area contributed by atoms with E-state index in [0.717, 1.165) is 6.07 Å². The maximum absolute atomic E-state index is 12.6. The molecule has 0 aliphatic carbocycles. The van der Waals surface area contributed by atoms with Crippen molar-refractivity contribution in [1.29, 1.82) is 5.26 Å². The van der Waals surface area contributed by atoms with E-state index in [4.69, 9.17) is 11.0 Å². The third-order valence-corrected chi connectivity index (χ3v) is 2.13. The number of hydrogen-bond acceptors (Lipinski definition) is 3. The highest BCUT2D eigenvalue weighted by Crippen LogP contribution is 2.33. The van der Waals surface area contributed by atoms with Gasteiger partial charge in [-0.1, -0.05) is 0 Å². The molecule has 1 aromatic carbocycles. The van der Waals surface area contributed by atoms with E-state index in [0.29, 0.717) is 6.07 Å². The van der Waals surface area contributed by atoms with Crippen LogP contribution in [0.15, 0.2) is 18.2 Å². The fourth-order valence-corrected chi connectivity index (χ4v) is 1.21. The summed E-state index contributed by atoms with van der Waals surface area (Å²) in [7, 11) is 0. The molecule has 4 nitrogen and oxygen atoms in total. The Balaban J connectivity index is 3.13. The molecular formula is C11H10F3N3O. The Hall–Kier alpha value is -2.07. The van der Waals surface area contributed by atoms with Gasteiger partial charge >= 0.3 is 6.18 Å². The second kappa shape index (κ2) is 5.06. The van der Waals surface area contributed by atoms with Crippen LogP contribution in [-0.4, -0.2) is 11.9 Å². The summed E-state index contributed by atoms with van der Waals surface area (Å²) in [5.41, 5.74) is 3.64. The molecule has 3 N–H and O–H groups in total. The summed E-state index contributed by atoms with van der Waals surface area (Å²) in [6.07, 6.45) is -4.65. The summed E-state index contributed by atoms with van der Waals surface area (Å²) in [6, 6.07) is 3.53. The number of benzene rings is 1. The van der Waals surface area contributed by atoms with E-state index in [1.165, 1.54) is 19.1 Å². The number of halogens is 3. The molecule has 7 heteroatoms. The number of nitrogens with two attached hydrogens (primary N) is 1. The number of nitrogens with one attached hydrogen (secondary N) is 1. The minimum Gasteiger partial charge on any atom is -0.325 e. The first kappa shape index (κ1) is 14.0. The molecule has 0 heterocycles. The van der Waals surface area contributed by atoms with Crippen molar-refractivity contribution in [3.8, 4) is 6.07 Å². The van der Waals surface area contributed by atoms with E-state index in [2.05, 4.69) is 5.32 Å². The van der Waals surface area contributed by atoms with E-state index in [-0.39, 0.29) is 5.69 Å². The van der Waals surface area contributed by atoms with Crippen LogP contribution in [-0.2, 0) is 11.0 Å². The highest BCUT2D eigenvalue weighted by atomic mass is 19.4. The molecule has 96 valence electrons. The zero-order valence-corrected chi connectivity index (χ0v) is 9.38. The number of nitriles is 1. The monoisotopic (exact) mass is 257 g/mol. The summed E-state index contributed by atoms with van der Waals surface area (Å²) >= 11 is 0. The lowest BCUT2D eigenvalue weighted by Gasteiger charge is -2.12. The van der Waals surface area contributed by atoms with Crippen molar-refractivity contribution >= 4 is 11.6 Å². The van der Waals surface area contributed by atoms with Gasteiger partial charge < -0.3 is 11.1 Å². The molecule has 18 heavy (non-hydrogen) atoms. The van der Waals surface area contributed by atoms with Crippen LogP contribution >= 0.6 is 0 Å². The Morgan fingerprint density at radius 3 is 2.56 bits per heavy atom. The molecule has 0 aliphatic rings. The molecular weight excluding hydrogens is 247 g/mol. The summed E-state index contributed by atoms with van der Waals surface area (Å²) in [4.78, 5) is 11.2. The fraction of sp³-hybridized carbons (Fsp3) is 0.273. The number of rotatable bonds is 2. The van der Waals surface area contributed by atoms with E-state index in [1.54, 1.807) is 0 Å². The van der Waals surface area contributed by atoms with Crippen molar-refractivity contribution in [3.63, 3.8) is 0 Å². The maximum atomic E-state index is 12.6. The van der Waals surface area contributed by atoms with Crippen LogP contribution in [0.1, 0.15) is 18.1 Å². The molecule has 0 saturated carbocycles. The van der Waals surface area contributed by atoms with Gasteiger partial charge in [0, 0.05) is 5.69 Å². The quantitative estimate of drug-likeness (QED) is 0.848. The Morgan fingerprint density at radius 1 is 1.50 bits per heavy atom. The first-order chi connectivity index (χ1) is 8.25. The number of hydrogen-bond donors (Lipinski definition) is 2. The van der Waals surface area contributed by atoms with Gasteiger partial charge in [-0.15, -0.1) is 0 Å². The van der Waals surface area contributed by atoms with Crippen LogP contribution in [0.4, 0.5) is 18.9 Å². The van der Waals surface area contributed by atoms with Crippen molar-refractivity contribution in [1.82, 2.24) is 0 Å². The molecule has 1 amide bonds. The van der Waals surface area contributed by atoms with Gasteiger partial charge in [0.15, 0.2) is 0 Å². The van der Waals surface area contributed by atoms with Gasteiger partial charge in [0.25, 0.3) is 0 Å². The number of amides is 1. The van der Waals surface area contributed by atoms with E-state index in [1.807, 2.05) is 0 Å². The molecule has 0 bridgehead atoms. The van der Waals surface area contributed by atoms with E-state index in [9.17, 15) is 18.0 Å². The topological polar surface area (TPSA) is 78.9 Å². The zero-order valence-electron chi connectivity index (χ0n) is 9.38. The minimum absolute atomic E-state index is 0.0522. The fourth-order valence-electron chi connectivity index (χ4n) is 1.21. The summed E-state index contributed by atoms with van der Waals surface area (Å²) in [5, 5.41) is 10.8. The standard InChI is InChI=1S/C11H10F3N3O/c1-6(16)10(18)17-8-3-2-7(5-15)9(4-8)11(12,13)14/h2-4,6H,16H2,1H3,(H,17,18)/t6-/m0/s1. The molecule has 0 spiro atoms. The van der Waals surface area contributed by atoms with Crippen molar-refractivity contribution in [2.75, 3.05) is 5.32 Å². The third-order valence-electron chi connectivity index (χ3n) is 2.13. The van der Waals surface area contributed by atoms with Crippen molar-refractivity contribution in [3.05, 3.63) is 29.3 Å². The highest BCUT2D eigenvalue weighted by molar-refractivity contribution is 5.94. The van der Waals surface area contributed by atoms with E-state index < -0.39 is 29.3 Å². The molecule has 0 fully saturated rings. The molecule has 0 radical (unpaired) electrons. The Bertz CT molecular complexity index is 503. The third kappa shape index (κ3) is 3.21. The lowest BCUT2D eigenvalue weighted by Crippen LogP contribution is -2.32. The number of anilines is 1. The van der Waals surface area contributed by atoms with Crippen molar-refractivity contribution < 1.29 is 18.0 Å². The van der Waals surface area contributed by atoms with Crippen LogP contribution in [0.25, 0.3) is 0 Å². The van der Waals surface area contributed by atoms with Gasteiger partial charge in [-0.05, 0) is 25.1 Å². The second-order valence-electron chi connectivity index (χ2n) is 3.65. The average molecular weight is 257 g/mol.